The number of hydroxylamine groups is 2. The fourth-order valence-electron chi connectivity index (χ4n) is 6.11. The Morgan fingerprint density at radius 3 is 1.36 bits per heavy atom. The summed E-state index contributed by atoms with van der Waals surface area (Å²) in [5.41, 5.74) is 0. The maximum absolute atomic E-state index is 12.6. The van der Waals surface area contributed by atoms with Crippen molar-refractivity contribution in [2.45, 2.75) is 213 Å². The molecule has 0 unspecified atom stereocenters. The zero-order valence-electron chi connectivity index (χ0n) is 28.3. The molecule has 0 bridgehead atoms. The highest BCUT2D eigenvalue weighted by atomic mass is 16.7. The summed E-state index contributed by atoms with van der Waals surface area (Å²) < 4.78 is 5.56. The highest BCUT2D eigenvalue weighted by molar-refractivity contribution is 5.76. The minimum Gasteiger partial charge on any atom is -0.464 e. The first-order valence-corrected chi connectivity index (χ1v) is 18.8. The van der Waals surface area contributed by atoms with Crippen LogP contribution >= 0.6 is 0 Å². The molecule has 1 aliphatic heterocycles. The maximum atomic E-state index is 12.6. The normalized spacial score (nSPS) is 15.3. The minimum absolute atomic E-state index is 0.204. The summed E-state index contributed by atoms with van der Waals surface area (Å²) in [7, 11) is 0. The lowest BCUT2D eigenvalue weighted by Crippen LogP contribution is -2.38. The third kappa shape index (κ3) is 23.4. The standard InChI is InChI=1S/C37H71NO4/c1-3-5-7-9-11-13-15-17-19-21-23-25-27-29-34-41-37(40)35-31-30-33-38(35)42-36(39)32-28-26-24-22-20-18-16-14-12-10-8-6-4-2/h35H,3-34H2,1-2H3/t35-/m0/s1. The fourth-order valence-corrected chi connectivity index (χ4v) is 6.11. The first-order chi connectivity index (χ1) is 20.7. The van der Waals surface area contributed by atoms with E-state index in [9.17, 15) is 9.59 Å². The van der Waals surface area contributed by atoms with Gasteiger partial charge in [0.25, 0.3) is 0 Å². The molecule has 1 aliphatic rings. The van der Waals surface area contributed by atoms with Crippen LogP contribution in [0.2, 0.25) is 0 Å². The van der Waals surface area contributed by atoms with Crippen LogP contribution in [-0.2, 0) is 19.2 Å². The molecule has 42 heavy (non-hydrogen) atoms. The minimum atomic E-state index is -0.424. The highest BCUT2D eigenvalue weighted by Gasteiger charge is 2.34. The van der Waals surface area contributed by atoms with Gasteiger partial charge in [-0.05, 0) is 25.7 Å². The molecule has 0 amide bonds. The zero-order chi connectivity index (χ0) is 30.4. The predicted octanol–water partition coefficient (Wildman–Crippen LogP) is 11.4. The van der Waals surface area contributed by atoms with E-state index in [0.717, 1.165) is 32.1 Å². The molecule has 0 saturated carbocycles. The molecule has 1 fully saturated rings. The molecule has 5 heteroatoms. The van der Waals surface area contributed by atoms with Crippen LogP contribution in [0.4, 0.5) is 0 Å². The van der Waals surface area contributed by atoms with Crippen LogP contribution in [0.15, 0.2) is 0 Å². The lowest BCUT2D eigenvalue weighted by Gasteiger charge is -2.21. The monoisotopic (exact) mass is 594 g/mol. The van der Waals surface area contributed by atoms with Crippen molar-refractivity contribution < 1.29 is 19.2 Å². The summed E-state index contributed by atoms with van der Waals surface area (Å²) in [6.07, 6.45) is 37.2. The second-order valence-electron chi connectivity index (χ2n) is 13.0. The molecule has 1 heterocycles. The number of carbonyl (C=O) groups is 2. The van der Waals surface area contributed by atoms with Crippen molar-refractivity contribution in [2.75, 3.05) is 13.2 Å². The third-order valence-electron chi connectivity index (χ3n) is 8.92. The number of hydrogen-bond donors (Lipinski definition) is 0. The number of esters is 1. The molecule has 0 aromatic heterocycles. The van der Waals surface area contributed by atoms with Crippen molar-refractivity contribution in [2.24, 2.45) is 0 Å². The number of rotatable bonds is 31. The van der Waals surface area contributed by atoms with E-state index in [0.29, 0.717) is 26.0 Å². The summed E-state index contributed by atoms with van der Waals surface area (Å²) in [6.45, 7) is 5.65. The van der Waals surface area contributed by atoms with Crippen LogP contribution < -0.4 is 0 Å². The SMILES string of the molecule is CCCCCCCCCCCCCCCCOC(=O)[C@@H]1CCCN1OC(=O)CCCCCCCCCCCCCCC. The summed E-state index contributed by atoms with van der Waals surface area (Å²) in [6, 6.07) is -0.424. The Morgan fingerprint density at radius 2 is 0.929 bits per heavy atom. The van der Waals surface area contributed by atoms with Crippen molar-refractivity contribution >= 4 is 11.9 Å². The van der Waals surface area contributed by atoms with Gasteiger partial charge in [0, 0.05) is 13.0 Å². The van der Waals surface area contributed by atoms with Crippen LogP contribution in [0.1, 0.15) is 206 Å². The average molecular weight is 594 g/mol. The van der Waals surface area contributed by atoms with E-state index in [1.165, 1.54) is 148 Å². The van der Waals surface area contributed by atoms with E-state index in [4.69, 9.17) is 9.57 Å². The first kappa shape index (κ1) is 38.9. The van der Waals surface area contributed by atoms with Crippen molar-refractivity contribution in [3.8, 4) is 0 Å². The van der Waals surface area contributed by atoms with Gasteiger partial charge in [-0.1, -0.05) is 174 Å². The first-order valence-electron chi connectivity index (χ1n) is 18.8. The molecular formula is C37H71NO4. The Kier molecular flexibility index (Phi) is 27.8. The van der Waals surface area contributed by atoms with Gasteiger partial charge in [-0.2, -0.15) is 0 Å². The van der Waals surface area contributed by atoms with E-state index < -0.39 is 6.04 Å². The molecule has 0 N–H and O–H groups in total. The van der Waals surface area contributed by atoms with Gasteiger partial charge < -0.3 is 9.57 Å². The second kappa shape index (κ2) is 29.9. The number of unbranched alkanes of at least 4 members (excludes halogenated alkanes) is 25. The molecule has 5 nitrogen and oxygen atoms in total. The average Bonchev–Trinajstić information content (AvgIpc) is 3.45. The van der Waals surface area contributed by atoms with Crippen LogP contribution in [0.5, 0.6) is 0 Å². The van der Waals surface area contributed by atoms with Crippen molar-refractivity contribution in [1.29, 1.82) is 0 Å². The van der Waals surface area contributed by atoms with E-state index in [1.807, 2.05) is 0 Å². The van der Waals surface area contributed by atoms with Gasteiger partial charge in [0.2, 0.25) is 0 Å². The van der Waals surface area contributed by atoms with Crippen molar-refractivity contribution in [3.05, 3.63) is 0 Å². The Bertz CT molecular complexity index is 611. The number of hydrogen-bond acceptors (Lipinski definition) is 5. The van der Waals surface area contributed by atoms with Crippen molar-refractivity contribution in [3.63, 3.8) is 0 Å². The number of ether oxygens (including phenoxy) is 1. The lowest BCUT2D eigenvalue weighted by atomic mass is 10.0. The smallest absolute Gasteiger partial charge is 0.326 e. The van der Waals surface area contributed by atoms with Crippen LogP contribution in [0.25, 0.3) is 0 Å². The number of nitrogens with zero attached hydrogens (tertiary/aromatic N) is 1. The zero-order valence-corrected chi connectivity index (χ0v) is 28.3. The topological polar surface area (TPSA) is 55.8 Å². The molecule has 0 radical (unpaired) electrons. The van der Waals surface area contributed by atoms with E-state index in [-0.39, 0.29) is 11.9 Å². The molecule has 0 aliphatic carbocycles. The molecule has 248 valence electrons. The van der Waals surface area contributed by atoms with E-state index >= 15 is 0 Å². The van der Waals surface area contributed by atoms with Gasteiger partial charge in [-0.25, -0.2) is 0 Å². The summed E-state index contributed by atoms with van der Waals surface area (Å²) in [5, 5.41) is 1.58. The Labute approximate surface area is 261 Å². The van der Waals surface area contributed by atoms with Gasteiger partial charge in [0.05, 0.1) is 6.61 Å². The van der Waals surface area contributed by atoms with Gasteiger partial charge >= 0.3 is 11.9 Å². The quantitative estimate of drug-likeness (QED) is 0.0591. The summed E-state index contributed by atoms with van der Waals surface area (Å²) >= 11 is 0. The molecule has 0 spiro atoms. The number of carbonyl (C=O) groups excluding carboxylic acids is 2. The van der Waals surface area contributed by atoms with E-state index in [1.54, 1.807) is 5.06 Å². The lowest BCUT2D eigenvalue weighted by molar-refractivity contribution is -0.200. The second-order valence-corrected chi connectivity index (χ2v) is 13.0. The van der Waals surface area contributed by atoms with Crippen molar-refractivity contribution in [1.82, 2.24) is 5.06 Å². The molecule has 1 rings (SSSR count). The molecule has 1 atom stereocenters. The fraction of sp³-hybridized carbons (Fsp3) is 0.946. The van der Waals surface area contributed by atoms with E-state index in [2.05, 4.69) is 13.8 Å². The van der Waals surface area contributed by atoms with Crippen LogP contribution in [0, 0.1) is 0 Å². The predicted molar refractivity (Wildman–Crippen MR) is 177 cm³/mol. The highest BCUT2D eigenvalue weighted by Crippen LogP contribution is 2.20. The largest absolute Gasteiger partial charge is 0.464 e. The van der Waals surface area contributed by atoms with Gasteiger partial charge in [-0.3, -0.25) is 9.59 Å². The Hall–Kier alpha value is -1.10. The molecule has 0 aromatic rings. The molecular weight excluding hydrogens is 522 g/mol. The molecule has 1 saturated heterocycles. The third-order valence-corrected chi connectivity index (χ3v) is 8.92. The van der Waals surface area contributed by atoms with Gasteiger partial charge in [0.1, 0.15) is 6.04 Å². The van der Waals surface area contributed by atoms with Crippen LogP contribution in [0.3, 0.4) is 0 Å². The Balaban J connectivity index is 1.93. The summed E-state index contributed by atoms with van der Waals surface area (Å²) in [5.74, 6) is -0.430. The maximum Gasteiger partial charge on any atom is 0.326 e. The van der Waals surface area contributed by atoms with Crippen LogP contribution in [-0.4, -0.2) is 36.2 Å². The van der Waals surface area contributed by atoms with Gasteiger partial charge in [0.15, 0.2) is 0 Å². The van der Waals surface area contributed by atoms with Gasteiger partial charge in [-0.15, -0.1) is 5.06 Å². The summed E-state index contributed by atoms with van der Waals surface area (Å²) in [4.78, 5) is 30.5. The Morgan fingerprint density at radius 1 is 0.548 bits per heavy atom. The molecule has 0 aromatic carbocycles.